The molecule has 7 heteroatoms. The number of amides is 1. The smallest absolute Gasteiger partial charge is 0.241 e. The van der Waals surface area contributed by atoms with Crippen molar-refractivity contribution >= 4 is 17.5 Å². The van der Waals surface area contributed by atoms with Gasteiger partial charge in [0.15, 0.2) is 0 Å². The van der Waals surface area contributed by atoms with Crippen LogP contribution in [0.3, 0.4) is 0 Å². The number of hydrogen-bond donors (Lipinski definition) is 1. The standard InChI is InChI=1S/C13H21ClN4O2/c1-11-12(14)9-16-18(11)10-13(19)15-3-2-4-17-5-7-20-8-6-17/h9H,2-8,10H2,1H3,(H,15,19). The maximum absolute atomic E-state index is 11.8. The number of hydrogen-bond acceptors (Lipinski definition) is 4. The number of morpholine rings is 1. The second-order valence-corrected chi connectivity index (χ2v) is 5.30. The summed E-state index contributed by atoms with van der Waals surface area (Å²) in [6.45, 7) is 7.34. The molecule has 20 heavy (non-hydrogen) atoms. The molecule has 0 unspecified atom stereocenters. The first-order valence-corrected chi connectivity index (χ1v) is 7.29. The minimum Gasteiger partial charge on any atom is -0.379 e. The summed E-state index contributed by atoms with van der Waals surface area (Å²) in [6.07, 6.45) is 2.51. The Hall–Kier alpha value is -1.11. The molecule has 6 nitrogen and oxygen atoms in total. The van der Waals surface area contributed by atoms with E-state index in [0.29, 0.717) is 11.6 Å². The molecule has 1 aromatic heterocycles. The maximum atomic E-state index is 11.8. The first kappa shape index (κ1) is 15.3. The fourth-order valence-electron chi connectivity index (χ4n) is 2.13. The van der Waals surface area contributed by atoms with Crippen LogP contribution in [0.2, 0.25) is 5.02 Å². The second kappa shape index (κ2) is 7.61. The summed E-state index contributed by atoms with van der Waals surface area (Å²) in [5.41, 5.74) is 0.815. The fourth-order valence-corrected chi connectivity index (χ4v) is 2.27. The molecule has 0 radical (unpaired) electrons. The van der Waals surface area contributed by atoms with E-state index in [1.807, 2.05) is 6.92 Å². The normalized spacial score (nSPS) is 16.3. The van der Waals surface area contributed by atoms with E-state index in [-0.39, 0.29) is 12.5 Å². The Morgan fingerprint density at radius 2 is 2.25 bits per heavy atom. The van der Waals surface area contributed by atoms with Crippen molar-refractivity contribution in [2.75, 3.05) is 39.4 Å². The SMILES string of the molecule is Cc1c(Cl)cnn1CC(=O)NCCCN1CCOCC1. The Kier molecular flexibility index (Phi) is 5.82. The van der Waals surface area contributed by atoms with E-state index < -0.39 is 0 Å². The first-order chi connectivity index (χ1) is 9.66. The largest absolute Gasteiger partial charge is 0.379 e. The predicted octanol–water partition coefficient (Wildman–Crippen LogP) is 0.683. The zero-order valence-corrected chi connectivity index (χ0v) is 12.5. The molecule has 1 aromatic rings. The van der Waals surface area contributed by atoms with Crippen molar-refractivity contribution in [3.63, 3.8) is 0 Å². The van der Waals surface area contributed by atoms with Gasteiger partial charge in [-0.25, -0.2) is 0 Å². The summed E-state index contributed by atoms with van der Waals surface area (Å²) < 4.78 is 6.90. The molecule has 2 heterocycles. The highest BCUT2D eigenvalue weighted by Crippen LogP contribution is 2.12. The van der Waals surface area contributed by atoms with Gasteiger partial charge in [-0.1, -0.05) is 11.6 Å². The van der Waals surface area contributed by atoms with Gasteiger partial charge in [-0.3, -0.25) is 14.4 Å². The lowest BCUT2D eigenvalue weighted by atomic mass is 10.3. The minimum atomic E-state index is -0.0326. The van der Waals surface area contributed by atoms with Crippen LogP contribution in [-0.4, -0.2) is 60.0 Å². The molecule has 112 valence electrons. The summed E-state index contributed by atoms with van der Waals surface area (Å²) in [5, 5.41) is 7.55. The van der Waals surface area contributed by atoms with Crippen LogP contribution in [-0.2, 0) is 16.1 Å². The van der Waals surface area contributed by atoms with Crippen LogP contribution >= 0.6 is 11.6 Å². The lowest BCUT2D eigenvalue weighted by molar-refractivity contribution is -0.121. The number of carbonyl (C=O) groups is 1. The van der Waals surface area contributed by atoms with E-state index >= 15 is 0 Å². The summed E-state index contributed by atoms with van der Waals surface area (Å²) in [6, 6.07) is 0. The highest BCUT2D eigenvalue weighted by Gasteiger charge is 2.10. The van der Waals surface area contributed by atoms with Crippen LogP contribution in [0.4, 0.5) is 0 Å². The van der Waals surface area contributed by atoms with Crippen molar-refractivity contribution < 1.29 is 9.53 Å². The van der Waals surface area contributed by atoms with Gasteiger partial charge in [-0.05, 0) is 19.9 Å². The minimum absolute atomic E-state index is 0.0326. The number of nitrogens with one attached hydrogen (secondary N) is 1. The average molecular weight is 301 g/mol. The Morgan fingerprint density at radius 1 is 1.50 bits per heavy atom. The highest BCUT2D eigenvalue weighted by molar-refractivity contribution is 6.31. The molecular weight excluding hydrogens is 280 g/mol. The number of ether oxygens (including phenoxy) is 1. The van der Waals surface area contributed by atoms with Crippen LogP contribution in [0.1, 0.15) is 12.1 Å². The molecular formula is C13H21ClN4O2. The van der Waals surface area contributed by atoms with Gasteiger partial charge in [0, 0.05) is 19.6 Å². The Bertz CT molecular complexity index is 444. The molecule has 1 saturated heterocycles. The van der Waals surface area contributed by atoms with Gasteiger partial charge in [0.1, 0.15) is 6.54 Å². The van der Waals surface area contributed by atoms with Gasteiger partial charge in [0.2, 0.25) is 5.91 Å². The zero-order valence-electron chi connectivity index (χ0n) is 11.8. The molecule has 1 amide bonds. The Morgan fingerprint density at radius 3 is 2.90 bits per heavy atom. The van der Waals surface area contributed by atoms with Gasteiger partial charge >= 0.3 is 0 Å². The van der Waals surface area contributed by atoms with Gasteiger partial charge in [0.05, 0.1) is 30.1 Å². The van der Waals surface area contributed by atoms with E-state index in [0.717, 1.165) is 45.0 Å². The Labute approximate surface area is 124 Å². The van der Waals surface area contributed by atoms with E-state index in [4.69, 9.17) is 16.3 Å². The molecule has 2 rings (SSSR count). The summed E-state index contributed by atoms with van der Waals surface area (Å²) in [4.78, 5) is 14.1. The van der Waals surface area contributed by atoms with Crippen molar-refractivity contribution in [3.8, 4) is 0 Å². The third-order valence-corrected chi connectivity index (χ3v) is 3.78. The highest BCUT2D eigenvalue weighted by atomic mass is 35.5. The molecule has 0 saturated carbocycles. The topological polar surface area (TPSA) is 59.4 Å². The summed E-state index contributed by atoms with van der Waals surface area (Å²) in [5.74, 6) is -0.0326. The van der Waals surface area contributed by atoms with Gasteiger partial charge in [-0.15, -0.1) is 0 Å². The first-order valence-electron chi connectivity index (χ1n) is 6.91. The Balaban J connectivity index is 1.61. The van der Waals surface area contributed by atoms with Crippen LogP contribution in [0.15, 0.2) is 6.20 Å². The van der Waals surface area contributed by atoms with Crippen LogP contribution in [0.5, 0.6) is 0 Å². The van der Waals surface area contributed by atoms with Crippen LogP contribution < -0.4 is 5.32 Å². The third kappa shape index (κ3) is 4.47. The second-order valence-electron chi connectivity index (χ2n) is 4.89. The van der Waals surface area contributed by atoms with E-state index in [9.17, 15) is 4.79 Å². The van der Waals surface area contributed by atoms with Gasteiger partial charge in [-0.2, -0.15) is 5.10 Å². The van der Waals surface area contributed by atoms with Gasteiger partial charge < -0.3 is 10.1 Å². The zero-order chi connectivity index (χ0) is 14.4. The number of carbonyl (C=O) groups excluding carboxylic acids is 1. The number of rotatable bonds is 6. The van der Waals surface area contributed by atoms with Crippen molar-refractivity contribution in [1.82, 2.24) is 20.0 Å². The predicted molar refractivity (Wildman–Crippen MR) is 76.9 cm³/mol. The van der Waals surface area contributed by atoms with E-state index in [2.05, 4.69) is 15.3 Å². The monoisotopic (exact) mass is 300 g/mol. The summed E-state index contributed by atoms with van der Waals surface area (Å²) in [7, 11) is 0. The maximum Gasteiger partial charge on any atom is 0.241 e. The fraction of sp³-hybridized carbons (Fsp3) is 0.692. The molecule has 1 aliphatic heterocycles. The molecule has 0 spiro atoms. The summed E-state index contributed by atoms with van der Waals surface area (Å²) >= 11 is 5.89. The number of aromatic nitrogens is 2. The number of nitrogens with zero attached hydrogens (tertiary/aromatic N) is 3. The molecule has 0 aliphatic carbocycles. The lowest BCUT2D eigenvalue weighted by Gasteiger charge is -2.26. The molecule has 1 N–H and O–H groups in total. The molecule has 0 aromatic carbocycles. The van der Waals surface area contributed by atoms with Crippen molar-refractivity contribution in [3.05, 3.63) is 16.9 Å². The van der Waals surface area contributed by atoms with Crippen LogP contribution in [0.25, 0.3) is 0 Å². The van der Waals surface area contributed by atoms with Crippen molar-refractivity contribution in [2.24, 2.45) is 0 Å². The molecule has 1 fully saturated rings. The van der Waals surface area contributed by atoms with E-state index in [1.54, 1.807) is 10.9 Å². The number of halogens is 1. The third-order valence-electron chi connectivity index (χ3n) is 3.41. The molecule has 0 atom stereocenters. The molecule has 1 aliphatic rings. The van der Waals surface area contributed by atoms with Gasteiger partial charge in [0.25, 0.3) is 0 Å². The van der Waals surface area contributed by atoms with Crippen molar-refractivity contribution in [1.29, 1.82) is 0 Å². The quantitative estimate of drug-likeness (QED) is 0.785. The lowest BCUT2D eigenvalue weighted by Crippen LogP contribution is -2.38. The average Bonchev–Trinajstić information content (AvgIpc) is 2.77. The van der Waals surface area contributed by atoms with Crippen molar-refractivity contribution in [2.45, 2.75) is 19.9 Å². The molecule has 0 bridgehead atoms. The van der Waals surface area contributed by atoms with Crippen LogP contribution in [0, 0.1) is 6.92 Å². The van der Waals surface area contributed by atoms with E-state index in [1.165, 1.54) is 0 Å².